The van der Waals surface area contributed by atoms with Gasteiger partial charge in [-0.15, -0.1) is 0 Å². The van der Waals surface area contributed by atoms with Crippen LogP contribution in [0.2, 0.25) is 16.6 Å². The molecule has 0 aliphatic carbocycles. The number of hydrogen-bond acceptors (Lipinski definition) is 2. The summed E-state index contributed by atoms with van der Waals surface area (Å²) in [5.41, 5.74) is 2.21. The van der Waals surface area contributed by atoms with Crippen LogP contribution in [0.5, 0.6) is 5.75 Å². The molecular formula is C17H28O2Si. The molecule has 3 heteroatoms. The molecule has 2 nitrogen and oxygen atoms in total. The Balaban J connectivity index is 3.30. The number of hydrogen-bond donors (Lipinski definition) is 0. The molecule has 20 heavy (non-hydrogen) atoms. The summed E-state index contributed by atoms with van der Waals surface area (Å²) in [5.74, 6) is 0.836. The minimum absolute atomic E-state index is 0.0692. The van der Waals surface area contributed by atoms with E-state index in [0.29, 0.717) is 22.2 Å². The zero-order valence-electron chi connectivity index (χ0n) is 13.9. The number of benzene rings is 1. The van der Waals surface area contributed by atoms with E-state index in [1.165, 1.54) is 0 Å². The third kappa shape index (κ3) is 3.14. The molecule has 0 bridgehead atoms. The zero-order chi connectivity index (χ0) is 15.5. The highest BCUT2D eigenvalue weighted by atomic mass is 28.4. The van der Waals surface area contributed by atoms with Gasteiger partial charge < -0.3 is 4.43 Å². The van der Waals surface area contributed by atoms with E-state index >= 15 is 0 Å². The van der Waals surface area contributed by atoms with Crippen LogP contribution in [0, 0.1) is 0 Å². The van der Waals surface area contributed by atoms with Crippen molar-refractivity contribution in [2.45, 2.75) is 65.1 Å². The van der Waals surface area contributed by atoms with Gasteiger partial charge in [-0.2, -0.15) is 0 Å². The highest BCUT2D eigenvalue weighted by molar-refractivity contribution is 6.78. The van der Waals surface area contributed by atoms with E-state index in [1.807, 2.05) is 24.3 Å². The first-order valence-electron chi connectivity index (χ1n) is 7.52. The molecule has 0 spiro atoms. The summed E-state index contributed by atoms with van der Waals surface area (Å²) in [6.45, 7) is 15.1. The average molecular weight is 292 g/mol. The minimum atomic E-state index is -2.00. The van der Waals surface area contributed by atoms with Crippen molar-refractivity contribution >= 4 is 14.1 Å². The number of carbonyl (C=O) groups is 1. The molecule has 0 aliphatic heterocycles. The molecular weight excluding hydrogens is 264 g/mol. The van der Waals surface area contributed by atoms with Gasteiger partial charge in [0, 0.05) is 0 Å². The van der Waals surface area contributed by atoms with Gasteiger partial charge in [-0.25, -0.2) is 0 Å². The molecule has 0 saturated heterocycles. The van der Waals surface area contributed by atoms with Gasteiger partial charge in [-0.1, -0.05) is 53.7 Å². The largest absolute Gasteiger partial charge is 0.542 e. The van der Waals surface area contributed by atoms with Crippen molar-refractivity contribution in [2.75, 3.05) is 0 Å². The topological polar surface area (TPSA) is 26.3 Å². The maximum atomic E-state index is 11.8. The van der Waals surface area contributed by atoms with Crippen LogP contribution in [-0.2, 0) is 0 Å². The van der Waals surface area contributed by atoms with Crippen LogP contribution in [-0.4, -0.2) is 14.1 Å². The highest BCUT2D eigenvalue weighted by Gasteiger charge is 2.47. The first-order chi connectivity index (χ1) is 9.23. The Kier molecular flexibility index (Phi) is 5.57. The molecule has 0 aromatic heterocycles. The molecule has 0 heterocycles. The van der Waals surface area contributed by atoms with Crippen molar-refractivity contribution in [1.82, 2.24) is 0 Å². The van der Waals surface area contributed by atoms with Crippen LogP contribution in [0.15, 0.2) is 24.3 Å². The lowest BCUT2D eigenvalue weighted by molar-refractivity contribution is 0.101. The Morgan fingerprint density at radius 3 is 1.80 bits per heavy atom. The Hall–Kier alpha value is -1.09. The number of carbonyl (C=O) groups excluding carboxylic acids is 1. The zero-order valence-corrected chi connectivity index (χ0v) is 14.9. The van der Waals surface area contributed by atoms with Crippen LogP contribution in [0.1, 0.15) is 58.8 Å². The number of para-hydroxylation sites is 1. The molecule has 0 aliphatic rings. The van der Waals surface area contributed by atoms with E-state index in [2.05, 4.69) is 41.5 Å². The summed E-state index contributed by atoms with van der Waals surface area (Å²) >= 11 is 0. The van der Waals surface area contributed by atoms with Gasteiger partial charge in [-0.3, -0.25) is 4.79 Å². The van der Waals surface area contributed by atoms with E-state index in [9.17, 15) is 4.79 Å². The van der Waals surface area contributed by atoms with E-state index in [0.717, 1.165) is 5.75 Å². The Labute approximate surface area is 124 Å². The van der Waals surface area contributed by atoms with E-state index in [-0.39, 0.29) is 5.78 Å². The van der Waals surface area contributed by atoms with Crippen molar-refractivity contribution in [2.24, 2.45) is 0 Å². The molecule has 0 fully saturated rings. The molecule has 112 valence electrons. The second-order valence-electron chi connectivity index (χ2n) is 6.47. The van der Waals surface area contributed by atoms with Gasteiger partial charge in [0.15, 0.2) is 5.78 Å². The molecule has 0 radical (unpaired) electrons. The molecule has 1 rings (SSSR count). The first kappa shape index (κ1) is 17.0. The fourth-order valence-electron chi connectivity index (χ4n) is 3.39. The molecule has 1 aromatic carbocycles. The summed E-state index contributed by atoms with van der Waals surface area (Å²) in [6.07, 6.45) is 0. The third-order valence-corrected chi connectivity index (χ3v) is 10.2. The fraction of sp³-hybridized carbons (Fsp3) is 0.588. The normalized spacial score (nSPS) is 12.3. The Morgan fingerprint density at radius 1 is 0.950 bits per heavy atom. The second-order valence-corrected chi connectivity index (χ2v) is 11.8. The van der Waals surface area contributed by atoms with Crippen molar-refractivity contribution < 1.29 is 9.22 Å². The minimum Gasteiger partial charge on any atom is -0.542 e. The van der Waals surface area contributed by atoms with Gasteiger partial charge >= 0.3 is 0 Å². The smallest absolute Gasteiger partial charge is 0.258 e. The number of Topliss-reactive ketones (excluding diaryl/α,β-unsaturated/α-hetero) is 1. The summed E-state index contributed by atoms with van der Waals surface area (Å²) < 4.78 is 6.60. The predicted molar refractivity (Wildman–Crippen MR) is 88.1 cm³/mol. The Morgan fingerprint density at radius 2 is 1.40 bits per heavy atom. The summed E-state index contributed by atoms with van der Waals surface area (Å²) in [4.78, 5) is 11.8. The molecule has 1 aromatic rings. The van der Waals surface area contributed by atoms with Crippen LogP contribution in [0.3, 0.4) is 0 Å². The predicted octanol–water partition coefficient (Wildman–Crippen LogP) is 5.44. The van der Waals surface area contributed by atoms with Gasteiger partial charge in [0.05, 0.1) is 5.56 Å². The first-order valence-corrected chi connectivity index (χ1v) is 9.66. The summed E-state index contributed by atoms with van der Waals surface area (Å²) in [5, 5.41) is 0. The van der Waals surface area contributed by atoms with Crippen molar-refractivity contribution in [3.63, 3.8) is 0 Å². The number of ketones is 1. The van der Waals surface area contributed by atoms with E-state index in [4.69, 9.17) is 4.43 Å². The lowest BCUT2D eigenvalue weighted by Gasteiger charge is -2.42. The summed E-state index contributed by atoms with van der Waals surface area (Å²) in [7, 11) is -2.00. The van der Waals surface area contributed by atoms with Crippen LogP contribution in [0.4, 0.5) is 0 Å². The second kappa shape index (κ2) is 6.57. The quantitative estimate of drug-likeness (QED) is 0.515. The molecule has 0 atom stereocenters. The maximum Gasteiger partial charge on any atom is 0.258 e. The van der Waals surface area contributed by atoms with E-state index < -0.39 is 8.32 Å². The van der Waals surface area contributed by atoms with E-state index in [1.54, 1.807) is 6.92 Å². The summed E-state index contributed by atoms with van der Waals surface area (Å²) in [6, 6.07) is 7.64. The van der Waals surface area contributed by atoms with Gasteiger partial charge in [-0.05, 0) is 35.7 Å². The molecule has 0 saturated carbocycles. The van der Waals surface area contributed by atoms with Crippen molar-refractivity contribution in [1.29, 1.82) is 0 Å². The SMILES string of the molecule is CC(=O)c1ccccc1O[Si](C(C)C)(C(C)C)C(C)C. The molecule has 0 N–H and O–H groups in total. The van der Waals surface area contributed by atoms with Gasteiger partial charge in [0.2, 0.25) is 0 Å². The Bertz CT molecular complexity index is 442. The van der Waals surface area contributed by atoms with Crippen molar-refractivity contribution in [3.05, 3.63) is 29.8 Å². The standard InChI is InChI=1S/C17H28O2Si/c1-12(2)20(13(3)4,14(5)6)19-17-11-9-8-10-16(17)15(7)18/h8-14H,1-7H3. The average Bonchev–Trinajstić information content (AvgIpc) is 2.34. The number of rotatable bonds is 6. The van der Waals surface area contributed by atoms with Crippen LogP contribution in [0.25, 0.3) is 0 Å². The van der Waals surface area contributed by atoms with Crippen molar-refractivity contribution in [3.8, 4) is 5.75 Å². The lowest BCUT2D eigenvalue weighted by Crippen LogP contribution is -2.50. The van der Waals surface area contributed by atoms with Gasteiger partial charge in [0.1, 0.15) is 5.75 Å². The highest BCUT2D eigenvalue weighted by Crippen LogP contribution is 2.43. The van der Waals surface area contributed by atoms with Crippen LogP contribution >= 0.6 is 0 Å². The fourth-order valence-corrected chi connectivity index (χ4v) is 8.66. The maximum absolute atomic E-state index is 11.8. The molecule has 0 unspecified atom stereocenters. The third-order valence-electron chi connectivity index (χ3n) is 4.26. The lowest BCUT2D eigenvalue weighted by atomic mass is 10.1. The monoisotopic (exact) mass is 292 g/mol. The van der Waals surface area contributed by atoms with Gasteiger partial charge in [0.25, 0.3) is 8.32 Å². The molecule has 0 amide bonds. The van der Waals surface area contributed by atoms with Crippen LogP contribution < -0.4 is 4.43 Å².